The number of nitrogens with zero attached hydrogens (tertiary/aromatic N) is 6. The largest absolute Gasteiger partial charge is 0.458 e. The molecule has 7 nitrogen and oxygen atoms in total. The molecular weight excluding hydrogens is 761 g/mol. The minimum Gasteiger partial charge on any atom is -0.458 e. The zero-order chi connectivity index (χ0) is 40.9. The molecule has 13 rings (SSSR count). The molecule has 0 saturated heterocycles. The van der Waals surface area contributed by atoms with Crippen molar-refractivity contribution in [1.29, 1.82) is 0 Å². The Bertz CT molecular complexity index is 3890. The van der Waals surface area contributed by atoms with Crippen LogP contribution in [0, 0.1) is 6.33 Å². The Morgan fingerprint density at radius 1 is 0.468 bits per heavy atom. The van der Waals surface area contributed by atoms with Crippen molar-refractivity contribution in [3.63, 3.8) is 0 Å². The Labute approximate surface area is 355 Å². The van der Waals surface area contributed by atoms with Crippen LogP contribution in [0.4, 0.5) is 0 Å². The van der Waals surface area contributed by atoms with Crippen LogP contribution in [0.15, 0.2) is 200 Å². The van der Waals surface area contributed by atoms with Gasteiger partial charge in [0.1, 0.15) is 17.3 Å². The number of aromatic nitrogens is 6. The van der Waals surface area contributed by atoms with Gasteiger partial charge in [0, 0.05) is 62.8 Å². The van der Waals surface area contributed by atoms with E-state index in [1.54, 1.807) is 0 Å². The summed E-state index contributed by atoms with van der Waals surface area (Å²) in [5.41, 5.74) is 12.0. The van der Waals surface area contributed by atoms with E-state index in [9.17, 15) is 0 Å². The molecule has 8 aromatic carbocycles. The average molecular weight is 797 g/mol. The molecule has 0 fully saturated rings. The molecule has 5 heterocycles. The summed E-state index contributed by atoms with van der Waals surface area (Å²) in [7, 11) is 2.21. The lowest BCUT2D eigenvalue weighted by Gasteiger charge is -2.13. The third kappa shape index (κ3) is 4.93. The molecule has 0 spiro atoms. The number of pyridine rings is 1. The minimum atomic E-state index is 0.725. The first-order valence-corrected chi connectivity index (χ1v) is 20.9. The number of rotatable bonds is 6. The van der Waals surface area contributed by atoms with Crippen LogP contribution in [0.1, 0.15) is 0 Å². The minimum absolute atomic E-state index is 0.725. The Morgan fingerprint density at radius 2 is 1.10 bits per heavy atom. The molecule has 0 radical (unpaired) electrons. The number of aryl methyl sites for hydroxylation is 1. The van der Waals surface area contributed by atoms with Gasteiger partial charge in [0.15, 0.2) is 0 Å². The van der Waals surface area contributed by atoms with Crippen LogP contribution in [0.25, 0.3) is 99.3 Å². The molecule has 5 aromatic heterocycles. The third-order valence-electron chi connectivity index (χ3n) is 12.4. The second kappa shape index (κ2) is 13.3. The van der Waals surface area contributed by atoms with Gasteiger partial charge in [0.05, 0.1) is 50.0 Å². The highest BCUT2D eigenvalue weighted by molar-refractivity contribution is 6.40. The predicted molar refractivity (Wildman–Crippen MR) is 251 cm³/mol. The first kappa shape index (κ1) is 34.4. The molecule has 0 aliphatic carbocycles. The van der Waals surface area contributed by atoms with Gasteiger partial charge in [-0.25, -0.2) is 4.98 Å². The topological polar surface area (TPSA) is 45.7 Å². The maximum absolute atomic E-state index is 6.85. The summed E-state index contributed by atoms with van der Waals surface area (Å²) < 4.78 is 18.2. The molecule has 0 amide bonds. The number of hydrogen-bond acceptors (Lipinski definition) is 2. The lowest BCUT2D eigenvalue weighted by atomic mass is 10.0. The zero-order valence-electron chi connectivity index (χ0n) is 33.6. The molecule has 62 heavy (non-hydrogen) atoms. The van der Waals surface area contributed by atoms with Crippen molar-refractivity contribution in [2.75, 3.05) is 0 Å². The molecule has 0 N–H and O–H groups in total. The quantitative estimate of drug-likeness (QED) is 0.124. The summed E-state index contributed by atoms with van der Waals surface area (Å²) in [5.74, 6) is 2.28. The third-order valence-corrected chi connectivity index (χ3v) is 12.4. The molecule has 13 aromatic rings. The second-order valence-electron chi connectivity index (χ2n) is 15.8. The van der Waals surface area contributed by atoms with E-state index in [1.165, 1.54) is 38.0 Å². The van der Waals surface area contributed by atoms with Crippen molar-refractivity contribution in [1.82, 2.24) is 23.3 Å². The summed E-state index contributed by atoms with van der Waals surface area (Å²) in [6.45, 7) is 0. The van der Waals surface area contributed by atoms with Crippen LogP contribution >= 0.6 is 0 Å². The SMILES string of the molecule is Cn1c2ccccc2c2c3c4ccc(Oc5cccc(-[n+]6[c-]n(-c7ccccc7)c7ccccc76)c5)cc4n(-c4ccccn4)c3c3c(c4ccccc4n3-c3ccccc3)c21. The predicted octanol–water partition coefficient (Wildman–Crippen LogP) is 12.7. The molecule has 7 heteroatoms. The zero-order valence-corrected chi connectivity index (χ0v) is 33.6. The number of benzene rings is 8. The molecule has 0 aliphatic heterocycles. The van der Waals surface area contributed by atoms with E-state index in [0.717, 1.165) is 72.9 Å². The van der Waals surface area contributed by atoms with Gasteiger partial charge in [-0.3, -0.25) is 13.7 Å². The summed E-state index contributed by atoms with van der Waals surface area (Å²) in [4.78, 5) is 5.04. The van der Waals surface area contributed by atoms with Crippen molar-refractivity contribution >= 4 is 76.5 Å². The normalized spacial score (nSPS) is 12.0. The second-order valence-corrected chi connectivity index (χ2v) is 15.8. The molecular formula is C55H36N6O. The lowest BCUT2D eigenvalue weighted by Crippen LogP contribution is -2.29. The number of para-hydroxylation sites is 6. The van der Waals surface area contributed by atoms with Crippen molar-refractivity contribution in [2.45, 2.75) is 0 Å². The Kier molecular flexibility index (Phi) is 7.39. The number of hydrogen-bond donors (Lipinski definition) is 0. The molecule has 0 bridgehead atoms. The summed E-state index contributed by atoms with van der Waals surface area (Å²) >= 11 is 0. The van der Waals surface area contributed by atoms with Crippen LogP contribution in [-0.2, 0) is 7.05 Å². The van der Waals surface area contributed by atoms with Gasteiger partial charge in [-0.2, -0.15) is 0 Å². The summed E-state index contributed by atoms with van der Waals surface area (Å²) in [6, 6.07) is 67.9. The number of fused-ring (bicyclic) bond motifs is 13. The monoisotopic (exact) mass is 796 g/mol. The highest BCUT2D eigenvalue weighted by atomic mass is 16.5. The highest BCUT2D eigenvalue weighted by Crippen LogP contribution is 2.49. The number of imidazole rings is 1. The molecule has 0 atom stereocenters. The van der Waals surface area contributed by atoms with E-state index in [-0.39, 0.29) is 0 Å². The van der Waals surface area contributed by atoms with E-state index in [0.29, 0.717) is 0 Å². The Hall–Kier alpha value is -8.42. The van der Waals surface area contributed by atoms with Gasteiger partial charge >= 0.3 is 0 Å². The van der Waals surface area contributed by atoms with E-state index >= 15 is 0 Å². The van der Waals surface area contributed by atoms with E-state index in [1.807, 2.05) is 30.5 Å². The Balaban J connectivity index is 1.09. The van der Waals surface area contributed by atoms with Crippen molar-refractivity contribution in [3.8, 4) is 34.4 Å². The first-order valence-electron chi connectivity index (χ1n) is 20.9. The standard InChI is InChI=1S/C55H36N6O/c1-57-44-25-10-8-23-41(44)50-51-43-31-30-40(62-39-22-16-21-38(33-39)59-35-58(36-17-4-2-5-18-36)46-27-12-13-28-47(46)59)34-48(43)61(49-29-14-15-32-56-49)54(51)55-52(53(50)57)42-24-9-11-26-45(42)60(55)37-19-6-3-7-20-37/h2-34H,1H3. The van der Waals surface area contributed by atoms with Gasteiger partial charge in [-0.1, -0.05) is 109 Å². The number of ether oxygens (including phenoxy) is 1. The fourth-order valence-corrected chi connectivity index (χ4v) is 9.86. The van der Waals surface area contributed by atoms with Gasteiger partial charge in [-0.05, 0) is 78.9 Å². The van der Waals surface area contributed by atoms with Gasteiger partial charge < -0.3 is 13.9 Å². The maximum Gasteiger partial charge on any atom is 0.269 e. The molecule has 292 valence electrons. The van der Waals surface area contributed by atoms with E-state index < -0.39 is 0 Å². The van der Waals surface area contributed by atoms with Crippen LogP contribution in [0.5, 0.6) is 11.5 Å². The average Bonchev–Trinajstić information content (AvgIpc) is 4.07. The van der Waals surface area contributed by atoms with Crippen LogP contribution < -0.4 is 9.30 Å². The van der Waals surface area contributed by atoms with Gasteiger partial charge in [0.25, 0.3) is 6.33 Å². The van der Waals surface area contributed by atoms with Crippen LogP contribution in [-0.4, -0.2) is 23.3 Å². The van der Waals surface area contributed by atoms with Gasteiger partial charge in [-0.15, -0.1) is 0 Å². The van der Waals surface area contributed by atoms with Crippen LogP contribution in [0.3, 0.4) is 0 Å². The maximum atomic E-state index is 6.85. The van der Waals surface area contributed by atoms with Crippen LogP contribution in [0.2, 0.25) is 0 Å². The molecule has 0 aliphatic rings. The highest BCUT2D eigenvalue weighted by Gasteiger charge is 2.28. The van der Waals surface area contributed by atoms with Crippen molar-refractivity contribution in [2.24, 2.45) is 7.05 Å². The van der Waals surface area contributed by atoms with Gasteiger partial charge in [0.2, 0.25) is 0 Å². The van der Waals surface area contributed by atoms with Crippen molar-refractivity contribution in [3.05, 3.63) is 207 Å². The Morgan fingerprint density at radius 3 is 1.89 bits per heavy atom. The first-order chi connectivity index (χ1) is 30.7. The molecule has 0 saturated carbocycles. The van der Waals surface area contributed by atoms with E-state index in [4.69, 9.17) is 9.72 Å². The van der Waals surface area contributed by atoms with Crippen molar-refractivity contribution < 1.29 is 9.30 Å². The smallest absolute Gasteiger partial charge is 0.269 e. The summed E-state index contributed by atoms with van der Waals surface area (Å²) in [6.07, 6.45) is 5.49. The fourth-order valence-electron chi connectivity index (χ4n) is 9.86. The fraction of sp³-hybridized carbons (Fsp3) is 0.0182. The van der Waals surface area contributed by atoms with E-state index in [2.05, 4.69) is 206 Å². The lowest BCUT2D eigenvalue weighted by molar-refractivity contribution is -0.572. The molecule has 0 unspecified atom stereocenters. The summed E-state index contributed by atoms with van der Waals surface area (Å²) in [5, 5.41) is 7.16.